The number of carboxylic acid groups (broad SMARTS) is 1. The summed E-state index contributed by atoms with van der Waals surface area (Å²) in [7, 11) is 2.13. The second-order valence-electron chi connectivity index (χ2n) is 12.4. The van der Waals surface area contributed by atoms with Gasteiger partial charge in [0.25, 0.3) is 0 Å². The molecule has 1 aliphatic carbocycles. The topological polar surface area (TPSA) is 46.1 Å². The Bertz CT molecular complexity index is 1860. The van der Waals surface area contributed by atoms with E-state index in [9.17, 15) is 9.90 Å². The second kappa shape index (κ2) is 8.89. The van der Waals surface area contributed by atoms with E-state index in [0.717, 1.165) is 63.5 Å². The molecule has 6 rings (SSSR count). The van der Waals surface area contributed by atoms with E-state index in [0.29, 0.717) is 10.6 Å². The largest absolute Gasteiger partial charge is 0.545 e. The van der Waals surface area contributed by atoms with Crippen molar-refractivity contribution in [2.24, 2.45) is 0 Å². The summed E-state index contributed by atoms with van der Waals surface area (Å²) in [5, 5.41) is 15.1. The molecule has 3 aromatic carbocycles. The van der Waals surface area contributed by atoms with Crippen LogP contribution in [0.15, 0.2) is 42.5 Å². The molecule has 0 unspecified atom stereocenters. The van der Waals surface area contributed by atoms with Gasteiger partial charge in [-0.25, -0.2) is 9.15 Å². The van der Waals surface area contributed by atoms with Gasteiger partial charge in [-0.15, -0.1) is 0 Å². The minimum absolute atomic E-state index is 0.0829. The van der Waals surface area contributed by atoms with Gasteiger partial charge in [0.1, 0.15) is 20.3 Å². The van der Waals surface area contributed by atoms with Gasteiger partial charge in [0.2, 0.25) is 11.0 Å². The number of benzene rings is 3. The van der Waals surface area contributed by atoms with Crippen LogP contribution >= 0.6 is 23.2 Å². The highest BCUT2D eigenvalue weighted by Crippen LogP contribution is 2.46. The van der Waals surface area contributed by atoms with Crippen LogP contribution in [0.1, 0.15) is 84.8 Å². The van der Waals surface area contributed by atoms with Crippen molar-refractivity contribution in [3.8, 4) is 0 Å². The Morgan fingerprint density at radius 1 is 1.00 bits per heavy atom. The summed E-state index contributed by atoms with van der Waals surface area (Å²) in [4.78, 5) is 12.6. The number of aromatic carboxylic acids is 1. The average molecular weight is 573 g/mol. The summed E-state index contributed by atoms with van der Waals surface area (Å²) in [6.45, 7) is 16.2. The summed E-state index contributed by atoms with van der Waals surface area (Å²) in [6.07, 6.45) is 4.21. The monoisotopic (exact) mass is 571 g/mol. The van der Waals surface area contributed by atoms with Gasteiger partial charge in [-0.1, -0.05) is 37.0 Å². The lowest BCUT2D eigenvalue weighted by Gasteiger charge is -2.36. The molecule has 0 radical (unpaired) electrons. The highest BCUT2D eigenvalue weighted by Gasteiger charge is 2.39. The minimum atomic E-state index is -1.35. The zero-order chi connectivity index (χ0) is 28.9. The van der Waals surface area contributed by atoms with Crippen molar-refractivity contribution in [3.63, 3.8) is 0 Å². The first-order valence-corrected chi connectivity index (χ1v) is 14.4. The standard InChI is InChI=1S/C34H33Cl2N2O2/c1-18-17-33(2,3)38(7)28-16-24-22(14-20(18)28)29(30-25(35)10-11-26(36)31(30)32(39)40)21-13-19-9-8-12-37(6)27(19)15-23(21)34(24,4)5/h10-11,13-17H,6,8-9,12H2,1-5,7H3/q+1. The van der Waals surface area contributed by atoms with E-state index in [4.69, 9.17) is 23.2 Å². The fourth-order valence-electron chi connectivity index (χ4n) is 6.91. The van der Waals surface area contributed by atoms with Gasteiger partial charge in [-0.2, -0.15) is 0 Å². The third kappa shape index (κ3) is 3.76. The Labute approximate surface area is 245 Å². The molecule has 0 atom stereocenters. The molecule has 0 N–H and O–H groups in total. The SMILES string of the molecule is C=[N+]1CCCc2cc3c(cc21)C(C)(C)c1cc2c(cc1=C3c1c(Cl)ccc(Cl)c1C(=O)[O-])C(C)=CC(C)(C)[N+]=2C. The normalized spacial score (nSPS) is 18.4. The van der Waals surface area contributed by atoms with E-state index in [1.165, 1.54) is 17.2 Å². The number of fused-ring (bicyclic) bond motifs is 4. The van der Waals surface area contributed by atoms with Crippen molar-refractivity contribution in [1.82, 2.24) is 4.58 Å². The van der Waals surface area contributed by atoms with Gasteiger partial charge in [0.05, 0.1) is 11.0 Å². The van der Waals surface area contributed by atoms with Gasteiger partial charge in [-0.3, -0.25) is 0 Å². The molecule has 2 aliphatic heterocycles. The maximum absolute atomic E-state index is 12.6. The maximum atomic E-state index is 12.6. The summed E-state index contributed by atoms with van der Waals surface area (Å²) in [6, 6.07) is 12.2. The first-order chi connectivity index (χ1) is 18.7. The molecule has 0 aromatic heterocycles. The second-order valence-corrected chi connectivity index (χ2v) is 13.2. The zero-order valence-corrected chi connectivity index (χ0v) is 25.3. The van der Waals surface area contributed by atoms with Crippen LogP contribution in [-0.4, -0.2) is 36.4 Å². The van der Waals surface area contributed by atoms with Crippen LogP contribution in [0.3, 0.4) is 0 Å². The van der Waals surface area contributed by atoms with Crippen LogP contribution in [0.25, 0.3) is 11.1 Å². The number of carboxylic acids is 1. The van der Waals surface area contributed by atoms with Crippen LogP contribution in [0.5, 0.6) is 0 Å². The van der Waals surface area contributed by atoms with E-state index < -0.39 is 5.97 Å². The Morgan fingerprint density at radius 2 is 1.70 bits per heavy atom. The Morgan fingerprint density at radius 3 is 2.40 bits per heavy atom. The fraction of sp³-hybridized carbons (Fsp3) is 0.324. The van der Waals surface area contributed by atoms with Crippen LogP contribution in [0, 0.1) is 0 Å². The number of aryl methyl sites for hydroxylation is 1. The Hall–Kier alpha value is -3.21. The molecule has 3 aliphatic rings. The van der Waals surface area contributed by atoms with Gasteiger partial charge in [0, 0.05) is 65.1 Å². The van der Waals surface area contributed by atoms with E-state index in [1.807, 2.05) is 0 Å². The summed E-state index contributed by atoms with van der Waals surface area (Å²) < 4.78 is 4.38. The van der Waals surface area contributed by atoms with E-state index >= 15 is 0 Å². The number of likely N-dealkylation sites (N-methyl/N-ethyl adjacent to an activating group) is 1. The first kappa shape index (κ1) is 27.0. The lowest BCUT2D eigenvalue weighted by Crippen LogP contribution is -2.48. The van der Waals surface area contributed by atoms with E-state index in [1.54, 1.807) is 6.07 Å². The molecule has 0 fully saturated rings. The number of nitrogens with zero attached hydrogens (tertiary/aromatic N) is 2. The number of allylic oxidation sites excluding steroid dienone is 1. The molecular formula is C34H33Cl2N2O2+. The van der Waals surface area contributed by atoms with E-state index in [-0.39, 0.29) is 21.5 Å². The molecule has 204 valence electrons. The van der Waals surface area contributed by atoms with Gasteiger partial charge >= 0.3 is 0 Å². The Balaban J connectivity index is 1.88. The van der Waals surface area contributed by atoms with Crippen molar-refractivity contribution >= 4 is 52.7 Å². The van der Waals surface area contributed by atoms with Crippen molar-refractivity contribution in [1.29, 1.82) is 0 Å². The number of rotatable bonds is 2. The zero-order valence-electron chi connectivity index (χ0n) is 23.8. The number of carbonyl (C=O) groups excluding carboxylic acids is 1. The van der Waals surface area contributed by atoms with Crippen LogP contribution in [0.4, 0.5) is 5.69 Å². The van der Waals surface area contributed by atoms with E-state index in [2.05, 4.69) is 87.9 Å². The van der Waals surface area contributed by atoms with Crippen LogP contribution < -0.4 is 20.3 Å². The van der Waals surface area contributed by atoms with Crippen molar-refractivity contribution in [3.05, 3.63) is 102 Å². The molecule has 0 bridgehead atoms. The lowest BCUT2D eigenvalue weighted by molar-refractivity contribution is -0.436. The number of hydrogen-bond donors (Lipinski definition) is 0. The average Bonchev–Trinajstić information content (AvgIpc) is 2.88. The van der Waals surface area contributed by atoms with Crippen molar-refractivity contribution in [2.45, 2.75) is 58.4 Å². The van der Waals surface area contributed by atoms with Crippen molar-refractivity contribution < 1.29 is 14.5 Å². The fourth-order valence-corrected chi connectivity index (χ4v) is 7.39. The number of halogens is 2. The molecule has 4 nitrogen and oxygen atoms in total. The molecule has 0 spiro atoms. The number of carbonyl (C=O) groups is 1. The van der Waals surface area contributed by atoms with Gasteiger partial charge in [0.15, 0.2) is 5.54 Å². The predicted octanol–water partition coefficient (Wildman–Crippen LogP) is 4.85. The van der Waals surface area contributed by atoms with Crippen LogP contribution in [-0.2, 0) is 11.8 Å². The lowest BCUT2D eigenvalue weighted by atomic mass is 9.67. The summed E-state index contributed by atoms with van der Waals surface area (Å²) >= 11 is 13.4. The minimum Gasteiger partial charge on any atom is -0.545 e. The first-order valence-electron chi connectivity index (χ1n) is 13.7. The molecule has 0 amide bonds. The molecule has 6 heteroatoms. The third-order valence-corrected chi connectivity index (χ3v) is 9.86. The summed E-state index contributed by atoms with van der Waals surface area (Å²) in [5.41, 5.74) is 8.37. The third-order valence-electron chi connectivity index (χ3n) is 9.23. The molecule has 0 saturated heterocycles. The molecular weight excluding hydrogens is 539 g/mol. The number of hydrogen-bond acceptors (Lipinski definition) is 2. The highest BCUT2D eigenvalue weighted by atomic mass is 35.5. The van der Waals surface area contributed by atoms with Gasteiger partial charge in [-0.05, 0) is 76.7 Å². The molecule has 3 aromatic rings. The molecule has 2 heterocycles. The van der Waals surface area contributed by atoms with Crippen LogP contribution in [0.2, 0.25) is 10.0 Å². The Kier molecular flexibility index (Phi) is 6.00. The molecule has 0 saturated carbocycles. The predicted molar refractivity (Wildman–Crippen MR) is 162 cm³/mol. The highest BCUT2D eigenvalue weighted by molar-refractivity contribution is 6.37. The summed E-state index contributed by atoms with van der Waals surface area (Å²) in [5.74, 6) is -1.35. The quantitative estimate of drug-likeness (QED) is 0.413. The molecule has 40 heavy (non-hydrogen) atoms. The van der Waals surface area contributed by atoms with Crippen molar-refractivity contribution in [2.75, 3.05) is 13.6 Å². The van der Waals surface area contributed by atoms with Gasteiger partial charge < -0.3 is 9.90 Å². The maximum Gasteiger partial charge on any atom is 0.208 e. The smallest absolute Gasteiger partial charge is 0.208 e.